The maximum atomic E-state index is 12.6. The predicted molar refractivity (Wildman–Crippen MR) is 90.8 cm³/mol. The molecule has 25 heavy (non-hydrogen) atoms. The summed E-state index contributed by atoms with van der Waals surface area (Å²) >= 11 is 0. The first-order valence-corrected chi connectivity index (χ1v) is 7.32. The zero-order valence-corrected chi connectivity index (χ0v) is 13.8. The number of hydrogen-bond acceptors (Lipinski definition) is 7. The molecule has 7 nitrogen and oxygen atoms in total. The van der Waals surface area contributed by atoms with Gasteiger partial charge in [-0.25, -0.2) is 0 Å². The van der Waals surface area contributed by atoms with E-state index in [-0.39, 0.29) is 39.7 Å². The lowest BCUT2D eigenvalue weighted by Crippen LogP contribution is -2.05. The molecule has 0 radical (unpaired) electrons. The molecule has 0 atom stereocenters. The Morgan fingerprint density at radius 3 is 2.36 bits per heavy atom. The Balaban J connectivity index is 2.38. The summed E-state index contributed by atoms with van der Waals surface area (Å²) in [6.07, 6.45) is 0. The van der Waals surface area contributed by atoms with Gasteiger partial charge in [-0.05, 0) is 25.1 Å². The molecule has 3 N–H and O–H groups in total. The lowest BCUT2D eigenvalue weighted by atomic mass is 10.1. The van der Waals surface area contributed by atoms with Crippen LogP contribution < -0.4 is 14.9 Å². The molecule has 3 rings (SSSR count). The number of phenols is 2. The molecule has 0 aliphatic rings. The third-order valence-corrected chi connectivity index (χ3v) is 3.98. The van der Waals surface area contributed by atoms with Gasteiger partial charge in [0.15, 0.2) is 17.3 Å². The van der Waals surface area contributed by atoms with Crippen molar-refractivity contribution in [3.63, 3.8) is 0 Å². The first kappa shape index (κ1) is 16.5. The summed E-state index contributed by atoms with van der Waals surface area (Å²) < 4.78 is 15.9. The molecular formula is C18H16O7. The minimum Gasteiger partial charge on any atom is -0.507 e. The first-order valence-electron chi connectivity index (χ1n) is 7.32. The number of fused-ring (bicyclic) bond motifs is 1. The average Bonchev–Trinajstić information content (AvgIpc) is 2.60. The van der Waals surface area contributed by atoms with Crippen LogP contribution in [0.2, 0.25) is 0 Å². The molecular weight excluding hydrogens is 328 g/mol. The van der Waals surface area contributed by atoms with Gasteiger partial charge in [0.25, 0.3) is 0 Å². The van der Waals surface area contributed by atoms with Crippen LogP contribution in [0.15, 0.2) is 33.5 Å². The van der Waals surface area contributed by atoms with Gasteiger partial charge in [-0.3, -0.25) is 4.79 Å². The highest BCUT2D eigenvalue weighted by Crippen LogP contribution is 2.40. The topological polar surface area (TPSA) is 109 Å². The smallest absolute Gasteiger partial charge is 0.238 e. The molecule has 0 amide bonds. The lowest BCUT2D eigenvalue weighted by Gasteiger charge is -2.12. The third-order valence-electron chi connectivity index (χ3n) is 3.98. The third kappa shape index (κ3) is 2.50. The minimum atomic E-state index is -0.691. The van der Waals surface area contributed by atoms with Crippen molar-refractivity contribution >= 4 is 11.0 Å². The Bertz CT molecular complexity index is 1030. The maximum Gasteiger partial charge on any atom is 0.238 e. The summed E-state index contributed by atoms with van der Waals surface area (Å²) in [7, 11) is 2.73. The second kappa shape index (κ2) is 5.94. The molecule has 130 valence electrons. The van der Waals surface area contributed by atoms with Gasteiger partial charge in [0.1, 0.15) is 22.5 Å². The summed E-state index contributed by atoms with van der Waals surface area (Å²) in [5, 5.41) is 30.1. The number of rotatable bonds is 3. The zero-order chi connectivity index (χ0) is 18.3. The molecule has 2 aromatic carbocycles. The summed E-state index contributed by atoms with van der Waals surface area (Å²) in [5.41, 5.74) is 0.0546. The van der Waals surface area contributed by atoms with Crippen LogP contribution in [0, 0.1) is 6.92 Å². The highest BCUT2D eigenvalue weighted by atomic mass is 16.5. The number of aromatic hydroxyl groups is 3. The number of benzene rings is 2. The Hall–Kier alpha value is -3.35. The van der Waals surface area contributed by atoms with Crippen LogP contribution in [0.4, 0.5) is 0 Å². The van der Waals surface area contributed by atoms with E-state index in [9.17, 15) is 20.1 Å². The van der Waals surface area contributed by atoms with Gasteiger partial charge >= 0.3 is 0 Å². The van der Waals surface area contributed by atoms with Crippen LogP contribution in [-0.2, 0) is 0 Å². The van der Waals surface area contributed by atoms with Crippen LogP contribution in [0.1, 0.15) is 5.56 Å². The van der Waals surface area contributed by atoms with Crippen molar-refractivity contribution in [2.75, 3.05) is 14.2 Å². The van der Waals surface area contributed by atoms with Crippen molar-refractivity contribution < 1.29 is 29.2 Å². The lowest BCUT2D eigenvalue weighted by molar-refractivity contribution is 0.373. The van der Waals surface area contributed by atoms with Crippen LogP contribution in [-0.4, -0.2) is 29.5 Å². The van der Waals surface area contributed by atoms with E-state index in [1.165, 1.54) is 38.5 Å². The van der Waals surface area contributed by atoms with E-state index in [4.69, 9.17) is 13.9 Å². The van der Waals surface area contributed by atoms with Gasteiger partial charge in [0.2, 0.25) is 11.2 Å². The van der Waals surface area contributed by atoms with Crippen molar-refractivity contribution in [1.29, 1.82) is 0 Å². The van der Waals surface area contributed by atoms with Crippen LogP contribution in [0.3, 0.4) is 0 Å². The molecule has 0 aliphatic carbocycles. The van der Waals surface area contributed by atoms with E-state index < -0.39 is 11.2 Å². The maximum absolute atomic E-state index is 12.6. The molecule has 3 aromatic rings. The Labute approximate surface area is 142 Å². The van der Waals surface area contributed by atoms with Gasteiger partial charge in [-0.1, -0.05) is 0 Å². The number of hydrogen-bond donors (Lipinski definition) is 3. The highest BCUT2D eigenvalue weighted by molar-refractivity contribution is 5.90. The molecule has 0 aliphatic heterocycles. The van der Waals surface area contributed by atoms with Crippen LogP contribution >= 0.6 is 0 Å². The Morgan fingerprint density at radius 2 is 1.72 bits per heavy atom. The van der Waals surface area contributed by atoms with E-state index in [0.717, 1.165) is 0 Å². The highest BCUT2D eigenvalue weighted by Gasteiger charge is 2.22. The van der Waals surface area contributed by atoms with Crippen molar-refractivity contribution in [2.24, 2.45) is 0 Å². The molecule has 0 spiro atoms. The fraction of sp³-hybridized carbons (Fsp3) is 0.167. The normalized spacial score (nSPS) is 10.8. The molecule has 0 fully saturated rings. The van der Waals surface area contributed by atoms with Crippen molar-refractivity contribution in [1.82, 2.24) is 0 Å². The van der Waals surface area contributed by atoms with E-state index in [1.54, 1.807) is 6.92 Å². The fourth-order valence-electron chi connectivity index (χ4n) is 2.67. The second-order valence-corrected chi connectivity index (χ2v) is 5.42. The van der Waals surface area contributed by atoms with Gasteiger partial charge < -0.3 is 29.2 Å². The molecule has 0 saturated heterocycles. The van der Waals surface area contributed by atoms with Crippen LogP contribution in [0.5, 0.6) is 28.7 Å². The molecule has 0 unspecified atom stereocenters. The molecule has 0 saturated carbocycles. The van der Waals surface area contributed by atoms with Gasteiger partial charge in [0, 0.05) is 17.2 Å². The molecule has 0 bridgehead atoms. The van der Waals surface area contributed by atoms with Crippen molar-refractivity contribution in [2.45, 2.75) is 6.92 Å². The van der Waals surface area contributed by atoms with E-state index >= 15 is 0 Å². The minimum absolute atomic E-state index is 0.0322. The Kier molecular flexibility index (Phi) is 3.92. The SMILES string of the molecule is COc1cc(-c2oc3cc(O)c(C)c(OC)c3c(=O)c2O)ccc1O. The summed E-state index contributed by atoms with van der Waals surface area (Å²) in [5.74, 6) is -0.626. The molecule has 1 heterocycles. The van der Waals surface area contributed by atoms with Gasteiger partial charge in [0.05, 0.1) is 14.2 Å². The van der Waals surface area contributed by atoms with E-state index in [2.05, 4.69) is 0 Å². The van der Waals surface area contributed by atoms with Crippen LogP contribution in [0.25, 0.3) is 22.3 Å². The number of ether oxygens (including phenoxy) is 2. The monoisotopic (exact) mass is 344 g/mol. The predicted octanol–water partition coefficient (Wildman–Crippen LogP) is 2.90. The van der Waals surface area contributed by atoms with E-state index in [0.29, 0.717) is 11.1 Å². The van der Waals surface area contributed by atoms with E-state index in [1.807, 2.05) is 0 Å². The fourth-order valence-corrected chi connectivity index (χ4v) is 2.67. The van der Waals surface area contributed by atoms with Crippen molar-refractivity contribution in [3.8, 4) is 40.1 Å². The zero-order valence-electron chi connectivity index (χ0n) is 13.8. The number of phenolic OH excluding ortho intramolecular Hbond substituents is 2. The van der Waals surface area contributed by atoms with Gasteiger partial charge in [-0.15, -0.1) is 0 Å². The van der Waals surface area contributed by atoms with Crippen molar-refractivity contribution in [3.05, 3.63) is 40.1 Å². The second-order valence-electron chi connectivity index (χ2n) is 5.42. The number of methoxy groups -OCH3 is 2. The quantitative estimate of drug-likeness (QED) is 0.670. The molecule has 1 aromatic heterocycles. The average molecular weight is 344 g/mol. The Morgan fingerprint density at radius 1 is 1.00 bits per heavy atom. The summed E-state index contributed by atoms with van der Waals surface area (Å²) in [6.45, 7) is 1.59. The molecule has 7 heteroatoms. The largest absolute Gasteiger partial charge is 0.507 e. The van der Waals surface area contributed by atoms with Gasteiger partial charge in [-0.2, -0.15) is 0 Å². The summed E-state index contributed by atoms with van der Waals surface area (Å²) in [6, 6.07) is 5.53. The standard InChI is InChI=1S/C18H16O7/c1-8-11(20)7-13-14(17(8)24-3)15(21)16(22)18(25-13)9-4-5-10(19)12(6-9)23-2/h4-7,19-20,22H,1-3H3. The first-order chi connectivity index (χ1) is 11.9. The summed E-state index contributed by atoms with van der Waals surface area (Å²) in [4.78, 5) is 12.6.